The van der Waals surface area contributed by atoms with Crippen molar-refractivity contribution in [1.82, 2.24) is 0 Å². The number of para-hydroxylation sites is 1. The number of esters is 1. The summed E-state index contributed by atoms with van der Waals surface area (Å²) in [5.41, 5.74) is 3.59. The van der Waals surface area contributed by atoms with Crippen LogP contribution in [0, 0.1) is 0 Å². The van der Waals surface area contributed by atoms with Gasteiger partial charge < -0.3 is 14.6 Å². The molecule has 126 valence electrons. The molecule has 1 unspecified atom stereocenters. The Morgan fingerprint density at radius 2 is 1.79 bits per heavy atom. The number of hydrogen-bond donors (Lipinski definition) is 2. The summed E-state index contributed by atoms with van der Waals surface area (Å²) in [5, 5.41) is 3.27. The van der Waals surface area contributed by atoms with Gasteiger partial charge >= 0.3 is 5.97 Å². The maximum Gasteiger partial charge on any atom is 0.337 e. The summed E-state index contributed by atoms with van der Waals surface area (Å²) in [6.07, 6.45) is 0. The van der Waals surface area contributed by atoms with Crippen molar-refractivity contribution in [2.45, 2.75) is 12.3 Å². The van der Waals surface area contributed by atoms with Crippen LogP contribution in [0.2, 0.25) is 0 Å². The fraction of sp³-hybridized carbons (Fsp3) is 0.167. The molecule has 0 aromatic heterocycles. The van der Waals surface area contributed by atoms with Gasteiger partial charge in [-0.2, -0.15) is 0 Å². The summed E-state index contributed by atoms with van der Waals surface area (Å²) >= 11 is -1.84. The Bertz CT molecular complexity index is 756. The number of carbonyl (C=O) groups excluding carboxylic acids is 1. The fourth-order valence-electron chi connectivity index (χ4n) is 2.23. The number of nitrogens with one attached hydrogen (secondary N) is 1. The molecule has 2 N–H and O–H groups in total. The number of anilines is 1. The van der Waals surface area contributed by atoms with E-state index in [1.807, 2.05) is 42.5 Å². The maximum atomic E-state index is 11.7. The number of ether oxygens (including phenoxy) is 1. The average molecular weight is 345 g/mol. The molecule has 0 heterocycles. The standard InChI is InChI=1S/C18H19NO4S/c1-13(18(20)23-2)16-5-3-4-6-17(16)19-11-14-7-9-15(10-8-14)12-24(21)22/h3-10,19H,1,11-12H2,2H3,(H,21,22). The Labute approximate surface area is 143 Å². The minimum atomic E-state index is -1.84. The minimum Gasteiger partial charge on any atom is -0.465 e. The first-order chi connectivity index (χ1) is 11.5. The highest BCUT2D eigenvalue weighted by atomic mass is 32.2. The highest BCUT2D eigenvalue weighted by Crippen LogP contribution is 2.24. The van der Waals surface area contributed by atoms with Crippen LogP contribution < -0.4 is 5.32 Å². The molecule has 1 atom stereocenters. The normalized spacial score (nSPS) is 11.6. The maximum absolute atomic E-state index is 11.7. The van der Waals surface area contributed by atoms with Gasteiger partial charge in [-0.1, -0.05) is 49.0 Å². The van der Waals surface area contributed by atoms with Crippen molar-refractivity contribution in [1.29, 1.82) is 0 Å². The summed E-state index contributed by atoms with van der Waals surface area (Å²) in [6, 6.07) is 14.8. The number of methoxy groups -OCH3 is 1. The van der Waals surface area contributed by atoms with Gasteiger partial charge in [0.2, 0.25) is 0 Å². The van der Waals surface area contributed by atoms with Gasteiger partial charge in [-0.3, -0.25) is 0 Å². The van der Waals surface area contributed by atoms with Gasteiger partial charge in [-0.25, -0.2) is 9.00 Å². The van der Waals surface area contributed by atoms with Crippen LogP contribution in [0.4, 0.5) is 5.69 Å². The third-order valence-electron chi connectivity index (χ3n) is 3.48. The van der Waals surface area contributed by atoms with E-state index in [4.69, 9.17) is 9.29 Å². The summed E-state index contributed by atoms with van der Waals surface area (Å²) in [5.74, 6) is -0.346. The minimum absolute atomic E-state index is 0.121. The third kappa shape index (κ3) is 4.78. The molecule has 0 aliphatic carbocycles. The fourth-order valence-corrected chi connectivity index (χ4v) is 2.70. The van der Waals surface area contributed by atoms with Gasteiger partial charge in [0.15, 0.2) is 11.1 Å². The molecule has 5 nitrogen and oxygen atoms in total. The quantitative estimate of drug-likeness (QED) is 0.458. The Kier molecular flexibility index (Phi) is 6.28. The third-order valence-corrected chi connectivity index (χ3v) is 4.06. The van der Waals surface area contributed by atoms with Crippen LogP contribution in [0.5, 0.6) is 0 Å². The lowest BCUT2D eigenvalue weighted by Crippen LogP contribution is -2.07. The second-order valence-electron chi connectivity index (χ2n) is 5.15. The lowest BCUT2D eigenvalue weighted by molar-refractivity contribution is -0.133. The first-order valence-corrected chi connectivity index (χ1v) is 8.54. The number of benzene rings is 2. The van der Waals surface area contributed by atoms with Crippen LogP contribution in [-0.4, -0.2) is 21.8 Å². The highest BCUT2D eigenvalue weighted by molar-refractivity contribution is 7.78. The van der Waals surface area contributed by atoms with Gasteiger partial charge in [-0.15, -0.1) is 0 Å². The predicted molar refractivity (Wildman–Crippen MR) is 95.7 cm³/mol. The SMILES string of the molecule is C=C(C(=O)OC)c1ccccc1NCc1ccc(CS(=O)O)cc1. The number of rotatable bonds is 7. The predicted octanol–water partition coefficient (Wildman–Crippen LogP) is 3.21. The van der Waals surface area contributed by atoms with Crippen molar-refractivity contribution in [3.05, 3.63) is 71.8 Å². The van der Waals surface area contributed by atoms with Gasteiger partial charge in [0.25, 0.3) is 0 Å². The molecule has 0 radical (unpaired) electrons. The Balaban J connectivity index is 2.08. The Hall–Kier alpha value is -2.44. The summed E-state index contributed by atoms with van der Waals surface area (Å²) in [7, 11) is 1.32. The van der Waals surface area contributed by atoms with E-state index in [1.54, 1.807) is 6.07 Å². The van der Waals surface area contributed by atoms with Crippen LogP contribution in [-0.2, 0) is 32.9 Å². The summed E-state index contributed by atoms with van der Waals surface area (Å²) in [4.78, 5) is 11.7. The van der Waals surface area contributed by atoms with Crippen LogP contribution in [0.3, 0.4) is 0 Å². The zero-order valence-electron chi connectivity index (χ0n) is 13.3. The van der Waals surface area contributed by atoms with Crippen molar-refractivity contribution < 1.29 is 18.3 Å². The van der Waals surface area contributed by atoms with Crippen molar-refractivity contribution in [3.63, 3.8) is 0 Å². The monoisotopic (exact) mass is 345 g/mol. The van der Waals surface area contributed by atoms with Gasteiger partial charge in [0, 0.05) is 17.8 Å². The van der Waals surface area contributed by atoms with Crippen LogP contribution >= 0.6 is 0 Å². The molecule has 0 saturated carbocycles. The molecule has 24 heavy (non-hydrogen) atoms. The van der Waals surface area contributed by atoms with E-state index in [9.17, 15) is 9.00 Å². The van der Waals surface area contributed by atoms with Crippen molar-refractivity contribution in [3.8, 4) is 0 Å². The Morgan fingerprint density at radius 1 is 1.17 bits per heavy atom. The van der Waals surface area contributed by atoms with E-state index in [1.165, 1.54) is 7.11 Å². The van der Waals surface area contributed by atoms with Crippen LogP contribution in [0.1, 0.15) is 16.7 Å². The first kappa shape index (κ1) is 17.9. The first-order valence-electron chi connectivity index (χ1n) is 7.27. The molecule has 0 spiro atoms. The molecule has 0 amide bonds. The molecule has 0 bridgehead atoms. The number of carbonyl (C=O) groups is 1. The molecule has 2 aromatic rings. The lowest BCUT2D eigenvalue weighted by atomic mass is 10.0. The van der Waals surface area contributed by atoms with E-state index >= 15 is 0 Å². The van der Waals surface area contributed by atoms with Gasteiger partial charge in [0.05, 0.1) is 18.4 Å². The summed E-state index contributed by atoms with van der Waals surface area (Å²) in [6.45, 7) is 4.33. The lowest BCUT2D eigenvalue weighted by Gasteiger charge is -2.13. The molecule has 0 fully saturated rings. The molecule has 0 saturated heterocycles. The van der Waals surface area contributed by atoms with E-state index in [0.29, 0.717) is 17.7 Å². The molecule has 2 rings (SSSR count). The molecule has 0 aliphatic heterocycles. The Morgan fingerprint density at radius 3 is 2.42 bits per heavy atom. The smallest absolute Gasteiger partial charge is 0.337 e. The highest BCUT2D eigenvalue weighted by Gasteiger charge is 2.13. The summed E-state index contributed by atoms with van der Waals surface area (Å²) < 4.78 is 24.4. The van der Waals surface area contributed by atoms with Crippen LogP contribution in [0.15, 0.2) is 55.1 Å². The van der Waals surface area contributed by atoms with Gasteiger partial charge in [0.1, 0.15) is 0 Å². The van der Waals surface area contributed by atoms with E-state index < -0.39 is 17.0 Å². The molecular weight excluding hydrogens is 326 g/mol. The van der Waals surface area contributed by atoms with Crippen molar-refractivity contribution in [2.75, 3.05) is 12.4 Å². The largest absolute Gasteiger partial charge is 0.465 e. The molecule has 2 aromatic carbocycles. The molecule has 0 aliphatic rings. The van der Waals surface area contributed by atoms with E-state index in [0.717, 1.165) is 16.8 Å². The zero-order valence-corrected chi connectivity index (χ0v) is 14.1. The molecular formula is C18H19NO4S. The van der Waals surface area contributed by atoms with Crippen LogP contribution in [0.25, 0.3) is 5.57 Å². The van der Waals surface area contributed by atoms with E-state index in [-0.39, 0.29) is 5.75 Å². The number of hydrogen-bond acceptors (Lipinski definition) is 4. The molecule has 6 heteroatoms. The second-order valence-corrected chi connectivity index (χ2v) is 6.08. The van der Waals surface area contributed by atoms with Crippen molar-refractivity contribution >= 4 is 28.3 Å². The van der Waals surface area contributed by atoms with Gasteiger partial charge in [-0.05, 0) is 17.2 Å². The van der Waals surface area contributed by atoms with Crippen molar-refractivity contribution in [2.24, 2.45) is 0 Å². The van der Waals surface area contributed by atoms with E-state index in [2.05, 4.69) is 11.9 Å². The topological polar surface area (TPSA) is 75.6 Å². The second kappa shape index (κ2) is 8.42. The zero-order chi connectivity index (χ0) is 17.5. The average Bonchev–Trinajstić information content (AvgIpc) is 2.59.